The number of aryl methyl sites for hydroxylation is 1. The number of rotatable bonds is 7. The molecule has 1 N–H and O–H groups in total. The number of aromatic nitrogens is 2. The Kier molecular flexibility index (Phi) is 8.08. The maximum atomic E-state index is 13.1. The SMILES string of the molecule is CO[C@@]12C=C[C@@](C)(O1)[C@@H](OC(=O)/C=C/c1cn(C)cn1)C[C@H]1[C@H](/C=C\2COC(C)=O)[C@@H](C(C)C)C=C[C@@]1(C)O. The van der Waals surface area contributed by atoms with Gasteiger partial charge in [-0.15, -0.1) is 0 Å². The Balaban J connectivity index is 1.77. The fourth-order valence-corrected chi connectivity index (χ4v) is 5.92. The molecule has 0 amide bonds. The molecule has 0 aromatic carbocycles. The van der Waals surface area contributed by atoms with Gasteiger partial charge in [-0.3, -0.25) is 4.79 Å². The minimum Gasteiger partial charge on any atom is -0.461 e. The van der Waals surface area contributed by atoms with Gasteiger partial charge in [-0.1, -0.05) is 32.1 Å². The molecule has 3 aliphatic rings. The monoisotopic (exact) mass is 540 g/mol. The van der Waals surface area contributed by atoms with Crippen LogP contribution in [-0.2, 0) is 35.6 Å². The molecule has 1 aromatic rings. The quantitative estimate of drug-likeness (QED) is 0.316. The number of methoxy groups -OCH3 is 1. The van der Waals surface area contributed by atoms with Crippen molar-refractivity contribution in [1.29, 1.82) is 0 Å². The van der Waals surface area contributed by atoms with E-state index in [2.05, 4.69) is 24.9 Å². The lowest BCUT2D eigenvalue weighted by Crippen LogP contribution is -2.50. The number of carbonyl (C=O) groups is 2. The summed E-state index contributed by atoms with van der Waals surface area (Å²) in [6.07, 6.45) is 15.5. The van der Waals surface area contributed by atoms with Crippen LogP contribution in [-0.4, -0.2) is 63.4 Å². The second-order valence-corrected chi connectivity index (χ2v) is 11.5. The molecule has 212 valence electrons. The molecule has 39 heavy (non-hydrogen) atoms. The first kappa shape index (κ1) is 29.0. The highest BCUT2D eigenvalue weighted by Gasteiger charge is 2.55. The summed E-state index contributed by atoms with van der Waals surface area (Å²) in [6.45, 7) is 9.19. The van der Waals surface area contributed by atoms with Crippen LogP contribution in [0.2, 0.25) is 0 Å². The number of imidazole rings is 1. The predicted octanol–water partition coefficient (Wildman–Crippen LogP) is 3.75. The van der Waals surface area contributed by atoms with Gasteiger partial charge < -0.3 is 28.6 Å². The number of hydrogen-bond acceptors (Lipinski definition) is 8. The summed E-state index contributed by atoms with van der Waals surface area (Å²) in [7, 11) is 3.38. The third kappa shape index (κ3) is 5.95. The summed E-state index contributed by atoms with van der Waals surface area (Å²) in [4.78, 5) is 29.1. The number of ether oxygens (including phenoxy) is 4. The normalized spacial score (nSPS) is 37.1. The van der Waals surface area contributed by atoms with Crippen molar-refractivity contribution in [2.75, 3.05) is 13.7 Å². The molecule has 0 unspecified atom stereocenters. The van der Waals surface area contributed by atoms with E-state index < -0.39 is 35.0 Å². The molecule has 0 spiro atoms. The van der Waals surface area contributed by atoms with Crippen LogP contribution in [0.4, 0.5) is 0 Å². The Labute approximate surface area is 230 Å². The van der Waals surface area contributed by atoms with Crippen LogP contribution in [0.25, 0.3) is 6.08 Å². The molecule has 0 fully saturated rings. The van der Waals surface area contributed by atoms with E-state index in [1.807, 2.05) is 32.2 Å². The van der Waals surface area contributed by atoms with Crippen LogP contribution in [0.15, 0.2) is 54.6 Å². The lowest BCUT2D eigenvalue weighted by molar-refractivity contribution is -0.229. The first-order valence-electron chi connectivity index (χ1n) is 13.4. The molecule has 0 saturated heterocycles. The fourth-order valence-electron chi connectivity index (χ4n) is 5.92. The van der Waals surface area contributed by atoms with Gasteiger partial charge in [-0.2, -0.15) is 0 Å². The average molecular weight is 541 g/mol. The van der Waals surface area contributed by atoms with Gasteiger partial charge in [0.05, 0.1) is 17.6 Å². The Morgan fingerprint density at radius 2 is 2.03 bits per heavy atom. The summed E-state index contributed by atoms with van der Waals surface area (Å²) < 4.78 is 25.8. The molecule has 1 aromatic heterocycles. The van der Waals surface area contributed by atoms with E-state index in [9.17, 15) is 14.7 Å². The van der Waals surface area contributed by atoms with Crippen molar-refractivity contribution in [3.8, 4) is 0 Å². The second kappa shape index (κ2) is 10.9. The number of allylic oxidation sites excluding steroid dienone is 2. The summed E-state index contributed by atoms with van der Waals surface area (Å²) in [6, 6.07) is 0. The number of carbonyl (C=O) groups excluding carboxylic acids is 2. The zero-order valence-electron chi connectivity index (χ0n) is 23.8. The number of aliphatic hydroxyl groups is 1. The van der Waals surface area contributed by atoms with Gasteiger partial charge in [0, 0.05) is 44.8 Å². The zero-order chi connectivity index (χ0) is 28.6. The van der Waals surface area contributed by atoms with E-state index in [4.69, 9.17) is 18.9 Å². The zero-order valence-corrected chi connectivity index (χ0v) is 23.8. The van der Waals surface area contributed by atoms with Crippen molar-refractivity contribution in [2.24, 2.45) is 30.7 Å². The first-order chi connectivity index (χ1) is 18.3. The lowest BCUT2D eigenvalue weighted by atomic mass is 9.63. The van der Waals surface area contributed by atoms with E-state index in [0.717, 1.165) is 0 Å². The molecule has 9 nitrogen and oxygen atoms in total. The Bertz CT molecular complexity index is 1210. The van der Waals surface area contributed by atoms with Crippen LogP contribution in [0, 0.1) is 23.7 Å². The number of esters is 2. The summed E-state index contributed by atoms with van der Waals surface area (Å²) in [5, 5.41) is 11.6. The molecule has 7 atom stereocenters. The molecule has 2 aliphatic heterocycles. The van der Waals surface area contributed by atoms with Crippen LogP contribution in [0.1, 0.15) is 46.7 Å². The molecular weight excluding hydrogens is 500 g/mol. The molecule has 1 aliphatic carbocycles. The van der Waals surface area contributed by atoms with Crippen LogP contribution in [0.3, 0.4) is 0 Å². The van der Waals surface area contributed by atoms with Crippen molar-refractivity contribution in [2.45, 2.75) is 64.1 Å². The molecule has 4 rings (SSSR count). The number of hydrogen-bond donors (Lipinski definition) is 1. The highest BCUT2D eigenvalue weighted by atomic mass is 16.7. The average Bonchev–Trinajstić information content (AvgIpc) is 3.45. The van der Waals surface area contributed by atoms with E-state index in [1.165, 1.54) is 20.1 Å². The van der Waals surface area contributed by atoms with E-state index >= 15 is 0 Å². The topological polar surface area (TPSA) is 109 Å². The third-order valence-electron chi connectivity index (χ3n) is 8.15. The van der Waals surface area contributed by atoms with E-state index in [-0.39, 0.29) is 30.3 Å². The molecule has 9 heteroatoms. The van der Waals surface area contributed by atoms with Crippen molar-refractivity contribution in [3.05, 3.63) is 60.2 Å². The largest absolute Gasteiger partial charge is 0.461 e. The smallest absolute Gasteiger partial charge is 0.331 e. The molecule has 3 heterocycles. The van der Waals surface area contributed by atoms with Gasteiger partial charge >= 0.3 is 11.9 Å². The highest BCUT2D eigenvalue weighted by Crippen LogP contribution is 2.50. The van der Waals surface area contributed by atoms with Gasteiger partial charge in [-0.05, 0) is 56.3 Å². The Hall–Kier alpha value is -3.01. The molecular formula is C30H40N2O7. The van der Waals surface area contributed by atoms with Crippen molar-refractivity contribution >= 4 is 18.0 Å². The number of fused-ring (bicyclic) bond motifs is 3. The third-order valence-corrected chi connectivity index (χ3v) is 8.15. The van der Waals surface area contributed by atoms with Gasteiger partial charge in [0.25, 0.3) is 0 Å². The Morgan fingerprint density at radius 3 is 2.64 bits per heavy atom. The van der Waals surface area contributed by atoms with Crippen molar-refractivity contribution < 1.29 is 33.6 Å². The van der Waals surface area contributed by atoms with Gasteiger partial charge in [-0.25, -0.2) is 9.78 Å². The Morgan fingerprint density at radius 1 is 1.28 bits per heavy atom. The maximum Gasteiger partial charge on any atom is 0.331 e. The van der Waals surface area contributed by atoms with Crippen LogP contribution >= 0.6 is 0 Å². The minimum atomic E-state index is -1.33. The predicted molar refractivity (Wildman–Crippen MR) is 145 cm³/mol. The van der Waals surface area contributed by atoms with Gasteiger partial charge in [0.15, 0.2) is 0 Å². The maximum absolute atomic E-state index is 13.1. The van der Waals surface area contributed by atoms with Gasteiger partial charge in [0.1, 0.15) is 18.3 Å². The van der Waals surface area contributed by atoms with E-state index in [0.29, 0.717) is 17.7 Å². The van der Waals surface area contributed by atoms with Gasteiger partial charge in [0.2, 0.25) is 5.79 Å². The van der Waals surface area contributed by atoms with E-state index in [1.54, 1.807) is 36.2 Å². The number of nitrogens with zero attached hydrogens (tertiary/aromatic N) is 2. The second-order valence-electron chi connectivity index (χ2n) is 11.5. The summed E-state index contributed by atoms with van der Waals surface area (Å²) >= 11 is 0. The minimum absolute atomic E-state index is 0.0409. The van der Waals surface area contributed by atoms with Crippen molar-refractivity contribution in [1.82, 2.24) is 9.55 Å². The molecule has 2 bridgehead atoms. The summed E-state index contributed by atoms with van der Waals surface area (Å²) in [5.41, 5.74) is -1.02. The standard InChI is InChI=1S/C30H40N2O7/c1-19(2)23-10-11-28(4,35)25-15-26(38-27(34)9-8-22-16-32(6)18-31-22)29(5)12-13-30(36-7,39-29)21(14-24(23)25)17-37-20(3)33/h8-14,16,18-19,23-26,35H,15,17H2,1-7H3/b9-8+,21-14-/t23-,24-,25+,26+,28-,29-,30+/m1/s1. The van der Waals surface area contributed by atoms with Crippen LogP contribution < -0.4 is 0 Å². The first-order valence-corrected chi connectivity index (χ1v) is 13.4. The van der Waals surface area contributed by atoms with Crippen LogP contribution in [0.5, 0.6) is 0 Å². The fraction of sp³-hybridized carbons (Fsp3) is 0.567. The molecule has 0 radical (unpaired) electrons. The molecule has 0 saturated carbocycles. The highest BCUT2D eigenvalue weighted by molar-refractivity contribution is 5.86. The lowest BCUT2D eigenvalue weighted by Gasteiger charge is -2.45. The van der Waals surface area contributed by atoms with Crippen molar-refractivity contribution in [3.63, 3.8) is 0 Å². The summed E-state index contributed by atoms with van der Waals surface area (Å²) in [5.74, 6) is -2.48.